The second-order valence-corrected chi connectivity index (χ2v) is 6.71. The van der Waals surface area contributed by atoms with E-state index in [2.05, 4.69) is 53.8 Å². The maximum atomic E-state index is 6.08. The molecule has 0 unspecified atom stereocenters. The summed E-state index contributed by atoms with van der Waals surface area (Å²) in [6, 6.07) is 12.4. The van der Waals surface area contributed by atoms with Crippen LogP contribution >= 0.6 is 22.9 Å². The van der Waals surface area contributed by atoms with Gasteiger partial charge >= 0.3 is 0 Å². The first-order valence-corrected chi connectivity index (χ1v) is 8.35. The molecule has 3 aromatic rings. The van der Waals surface area contributed by atoms with Gasteiger partial charge in [-0.2, -0.15) is 0 Å². The van der Waals surface area contributed by atoms with Crippen LogP contribution < -0.4 is 5.32 Å². The van der Waals surface area contributed by atoms with E-state index in [1.54, 1.807) is 11.3 Å². The molecule has 0 atom stereocenters. The first kappa shape index (κ1) is 15.1. The number of hydrogen-bond acceptors (Lipinski definition) is 3. The van der Waals surface area contributed by atoms with Crippen molar-refractivity contribution in [1.29, 1.82) is 0 Å². The lowest BCUT2D eigenvalue weighted by Crippen LogP contribution is -1.93. The number of nitrogens with zero attached hydrogens (tertiary/aromatic N) is 1. The Balaban J connectivity index is 1.87. The molecule has 2 aromatic carbocycles. The molecule has 22 heavy (non-hydrogen) atoms. The van der Waals surface area contributed by atoms with E-state index in [9.17, 15) is 0 Å². The Morgan fingerprint density at radius 1 is 1.00 bits per heavy atom. The summed E-state index contributed by atoms with van der Waals surface area (Å²) in [6.07, 6.45) is 0. The van der Waals surface area contributed by atoms with Gasteiger partial charge in [-0.05, 0) is 55.7 Å². The molecular weight excluding hydrogens is 312 g/mol. The average molecular weight is 329 g/mol. The van der Waals surface area contributed by atoms with Gasteiger partial charge in [0.1, 0.15) is 0 Å². The third-order valence-corrected chi connectivity index (χ3v) is 4.77. The van der Waals surface area contributed by atoms with Crippen molar-refractivity contribution in [2.45, 2.75) is 20.8 Å². The number of thiazole rings is 1. The van der Waals surface area contributed by atoms with Crippen LogP contribution in [-0.2, 0) is 0 Å². The van der Waals surface area contributed by atoms with E-state index in [1.165, 1.54) is 11.1 Å². The summed E-state index contributed by atoms with van der Waals surface area (Å²) >= 11 is 7.69. The van der Waals surface area contributed by atoms with Crippen LogP contribution in [0.5, 0.6) is 0 Å². The molecule has 0 aliphatic rings. The monoisotopic (exact) mass is 328 g/mol. The molecule has 1 N–H and O–H groups in total. The van der Waals surface area contributed by atoms with Crippen LogP contribution in [0.25, 0.3) is 11.3 Å². The Hall–Kier alpha value is -1.84. The number of halogens is 1. The number of hydrogen-bond donors (Lipinski definition) is 1. The summed E-state index contributed by atoms with van der Waals surface area (Å²) in [5.74, 6) is 0. The predicted octanol–water partition coefficient (Wildman–Crippen LogP) is 6.13. The second kappa shape index (κ2) is 6.11. The Morgan fingerprint density at radius 2 is 1.82 bits per heavy atom. The molecule has 4 heteroatoms. The highest BCUT2D eigenvalue weighted by molar-refractivity contribution is 7.14. The highest BCUT2D eigenvalue weighted by Crippen LogP contribution is 2.30. The zero-order valence-electron chi connectivity index (χ0n) is 12.8. The predicted molar refractivity (Wildman–Crippen MR) is 96.5 cm³/mol. The minimum Gasteiger partial charge on any atom is -0.331 e. The Morgan fingerprint density at radius 3 is 2.59 bits per heavy atom. The molecule has 0 aliphatic carbocycles. The van der Waals surface area contributed by atoms with Crippen LogP contribution in [0.15, 0.2) is 41.8 Å². The summed E-state index contributed by atoms with van der Waals surface area (Å²) in [6.45, 7) is 6.20. The molecule has 0 radical (unpaired) electrons. The molecule has 1 aromatic heterocycles. The Labute approximate surface area is 139 Å². The lowest BCUT2D eigenvalue weighted by atomic mass is 10.1. The van der Waals surface area contributed by atoms with Crippen molar-refractivity contribution in [1.82, 2.24) is 4.98 Å². The SMILES string of the molecule is Cc1ccc(C)c(Nc2nc(-c3ccc(Cl)c(C)c3)cs2)c1. The quantitative estimate of drug-likeness (QED) is 0.625. The molecule has 0 aliphatic heterocycles. The van der Waals surface area contributed by atoms with Gasteiger partial charge in [0.25, 0.3) is 0 Å². The number of aryl methyl sites for hydroxylation is 3. The van der Waals surface area contributed by atoms with Crippen molar-refractivity contribution >= 4 is 33.8 Å². The molecule has 0 bridgehead atoms. The number of anilines is 2. The van der Waals surface area contributed by atoms with Crippen LogP contribution in [0.2, 0.25) is 5.02 Å². The van der Waals surface area contributed by atoms with Crippen molar-refractivity contribution in [3.8, 4) is 11.3 Å². The third-order valence-electron chi connectivity index (χ3n) is 3.59. The van der Waals surface area contributed by atoms with Crippen LogP contribution in [0, 0.1) is 20.8 Å². The average Bonchev–Trinajstić information content (AvgIpc) is 2.94. The number of nitrogens with one attached hydrogen (secondary N) is 1. The van der Waals surface area contributed by atoms with Gasteiger partial charge in [-0.1, -0.05) is 29.8 Å². The topological polar surface area (TPSA) is 24.9 Å². The largest absolute Gasteiger partial charge is 0.331 e. The normalized spacial score (nSPS) is 10.7. The van der Waals surface area contributed by atoms with Gasteiger partial charge in [0.05, 0.1) is 5.69 Å². The zero-order chi connectivity index (χ0) is 15.7. The molecule has 1 heterocycles. The highest BCUT2D eigenvalue weighted by Gasteiger charge is 2.07. The first-order valence-electron chi connectivity index (χ1n) is 7.09. The van der Waals surface area contributed by atoms with Gasteiger partial charge in [-0.3, -0.25) is 0 Å². The minimum atomic E-state index is 0.785. The van der Waals surface area contributed by atoms with Gasteiger partial charge in [0.15, 0.2) is 5.13 Å². The molecule has 3 rings (SSSR count). The highest BCUT2D eigenvalue weighted by atomic mass is 35.5. The fourth-order valence-electron chi connectivity index (χ4n) is 2.25. The fraction of sp³-hybridized carbons (Fsp3) is 0.167. The van der Waals surface area contributed by atoms with Gasteiger partial charge in [0, 0.05) is 21.7 Å². The number of benzene rings is 2. The van der Waals surface area contributed by atoms with Crippen molar-refractivity contribution < 1.29 is 0 Å². The van der Waals surface area contributed by atoms with Gasteiger partial charge in [-0.15, -0.1) is 11.3 Å². The third kappa shape index (κ3) is 3.16. The minimum absolute atomic E-state index is 0.785. The summed E-state index contributed by atoms with van der Waals surface area (Å²) in [7, 11) is 0. The summed E-state index contributed by atoms with van der Waals surface area (Å²) in [5.41, 5.74) is 6.68. The van der Waals surface area contributed by atoms with E-state index in [0.29, 0.717) is 0 Å². The van der Waals surface area contributed by atoms with E-state index < -0.39 is 0 Å². The number of rotatable bonds is 3. The van der Waals surface area contributed by atoms with Crippen LogP contribution in [0.1, 0.15) is 16.7 Å². The van der Waals surface area contributed by atoms with Crippen LogP contribution in [-0.4, -0.2) is 4.98 Å². The zero-order valence-corrected chi connectivity index (χ0v) is 14.3. The molecule has 0 spiro atoms. The van der Waals surface area contributed by atoms with E-state index in [0.717, 1.165) is 32.7 Å². The summed E-state index contributed by atoms with van der Waals surface area (Å²) in [5, 5.41) is 7.16. The summed E-state index contributed by atoms with van der Waals surface area (Å²) in [4.78, 5) is 4.68. The molecule has 0 saturated carbocycles. The molecule has 0 fully saturated rings. The Bertz CT molecular complexity index is 824. The summed E-state index contributed by atoms with van der Waals surface area (Å²) < 4.78 is 0. The Kier molecular flexibility index (Phi) is 4.19. The van der Waals surface area contributed by atoms with Gasteiger partial charge in [0.2, 0.25) is 0 Å². The van der Waals surface area contributed by atoms with Crippen molar-refractivity contribution in [2.24, 2.45) is 0 Å². The maximum absolute atomic E-state index is 6.08. The smallest absolute Gasteiger partial charge is 0.187 e. The molecule has 0 amide bonds. The lowest BCUT2D eigenvalue weighted by Gasteiger charge is -2.07. The van der Waals surface area contributed by atoms with E-state index in [1.807, 2.05) is 19.1 Å². The standard InChI is InChI=1S/C18H17ClN2S/c1-11-4-5-12(2)16(8-11)20-18-21-17(10-22-18)14-6-7-15(19)13(3)9-14/h4-10H,1-3H3,(H,20,21). The maximum Gasteiger partial charge on any atom is 0.187 e. The molecule has 112 valence electrons. The van der Waals surface area contributed by atoms with Crippen molar-refractivity contribution in [2.75, 3.05) is 5.32 Å². The van der Waals surface area contributed by atoms with Crippen LogP contribution in [0.3, 0.4) is 0 Å². The van der Waals surface area contributed by atoms with Crippen LogP contribution in [0.4, 0.5) is 10.8 Å². The lowest BCUT2D eigenvalue weighted by molar-refractivity contribution is 1.34. The number of aromatic nitrogens is 1. The fourth-order valence-corrected chi connectivity index (χ4v) is 3.10. The van der Waals surface area contributed by atoms with E-state index in [4.69, 9.17) is 11.6 Å². The first-order chi connectivity index (χ1) is 10.5. The van der Waals surface area contributed by atoms with Crippen molar-refractivity contribution in [3.05, 3.63) is 63.5 Å². The van der Waals surface area contributed by atoms with E-state index >= 15 is 0 Å². The second-order valence-electron chi connectivity index (χ2n) is 5.45. The molecular formula is C18H17ClN2S. The van der Waals surface area contributed by atoms with E-state index in [-0.39, 0.29) is 0 Å². The molecule has 2 nitrogen and oxygen atoms in total. The van der Waals surface area contributed by atoms with Gasteiger partial charge < -0.3 is 5.32 Å². The van der Waals surface area contributed by atoms with Crippen molar-refractivity contribution in [3.63, 3.8) is 0 Å². The molecule has 0 saturated heterocycles. The van der Waals surface area contributed by atoms with Gasteiger partial charge in [-0.25, -0.2) is 4.98 Å².